The van der Waals surface area contributed by atoms with Crippen molar-refractivity contribution in [3.63, 3.8) is 0 Å². The lowest BCUT2D eigenvalue weighted by atomic mass is 10.1. The van der Waals surface area contributed by atoms with Gasteiger partial charge in [0, 0.05) is 26.4 Å². The van der Waals surface area contributed by atoms with Gasteiger partial charge in [-0.05, 0) is 18.1 Å². The molecule has 1 aromatic carbocycles. The molecule has 0 unspecified atom stereocenters. The SMILES string of the molecule is CN=C(NCCc1ccccc1OC)NCCS(C)(=O)=O. The monoisotopic (exact) mass is 313 g/mol. The Kier molecular flexibility index (Phi) is 7.01. The van der Waals surface area contributed by atoms with Gasteiger partial charge in [0.15, 0.2) is 5.96 Å². The van der Waals surface area contributed by atoms with Crippen LogP contribution in [0.3, 0.4) is 0 Å². The molecule has 0 aliphatic carbocycles. The van der Waals surface area contributed by atoms with Crippen LogP contribution in [0.15, 0.2) is 29.3 Å². The van der Waals surface area contributed by atoms with Crippen molar-refractivity contribution < 1.29 is 13.2 Å². The molecule has 118 valence electrons. The van der Waals surface area contributed by atoms with Gasteiger partial charge in [-0.3, -0.25) is 4.99 Å². The number of ether oxygens (including phenoxy) is 1. The quantitative estimate of drug-likeness (QED) is 0.564. The highest BCUT2D eigenvalue weighted by Gasteiger charge is 2.04. The van der Waals surface area contributed by atoms with E-state index in [2.05, 4.69) is 15.6 Å². The van der Waals surface area contributed by atoms with Crippen molar-refractivity contribution in [3.8, 4) is 5.75 Å². The molecule has 0 amide bonds. The van der Waals surface area contributed by atoms with Gasteiger partial charge in [0.25, 0.3) is 0 Å². The van der Waals surface area contributed by atoms with Crippen LogP contribution in [0.25, 0.3) is 0 Å². The van der Waals surface area contributed by atoms with Crippen LogP contribution in [-0.4, -0.2) is 53.6 Å². The van der Waals surface area contributed by atoms with Gasteiger partial charge in [0.2, 0.25) is 0 Å². The second-order valence-electron chi connectivity index (χ2n) is 4.62. The summed E-state index contributed by atoms with van der Waals surface area (Å²) in [4.78, 5) is 4.05. The van der Waals surface area contributed by atoms with Gasteiger partial charge >= 0.3 is 0 Å². The lowest BCUT2D eigenvalue weighted by Gasteiger charge is -2.12. The maximum absolute atomic E-state index is 11.1. The molecule has 0 atom stereocenters. The van der Waals surface area contributed by atoms with E-state index in [9.17, 15) is 8.42 Å². The van der Waals surface area contributed by atoms with E-state index in [4.69, 9.17) is 4.74 Å². The molecule has 0 aliphatic rings. The molecule has 1 rings (SSSR count). The lowest BCUT2D eigenvalue weighted by Crippen LogP contribution is -2.40. The molecule has 0 saturated carbocycles. The number of nitrogens with zero attached hydrogens (tertiary/aromatic N) is 1. The second kappa shape index (κ2) is 8.51. The fourth-order valence-electron chi connectivity index (χ4n) is 1.80. The van der Waals surface area contributed by atoms with Gasteiger partial charge in [-0.2, -0.15) is 0 Å². The Balaban J connectivity index is 2.39. The smallest absolute Gasteiger partial charge is 0.191 e. The number of nitrogens with one attached hydrogen (secondary N) is 2. The van der Waals surface area contributed by atoms with Crippen LogP contribution in [0.2, 0.25) is 0 Å². The van der Waals surface area contributed by atoms with Crippen molar-refractivity contribution in [2.75, 3.05) is 39.3 Å². The number of para-hydroxylation sites is 1. The summed E-state index contributed by atoms with van der Waals surface area (Å²) < 4.78 is 27.4. The number of guanidine groups is 1. The highest BCUT2D eigenvalue weighted by atomic mass is 32.2. The van der Waals surface area contributed by atoms with E-state index < -0.39 is 9.84 Å². The van der Waals surface area contributed by atoms with Crippen molar-refractivity contribution in [1.82, 2.24) is 10.6 Å². The van der Waals surface area contributed by atoms with Crippen molar-refractivity contribution in [1.29, 1.82) is 0 Å². The number of hydrogen-bond acceptors (Lipinski definition) is 4. The average Bonchev–Trinajstić information content (AvgIpc) is 2.45. The maximum atomic E-state index is 11.1. The molecule has 21 heavy (non-hydrogen) atoms. The molecule has 0 aromatic heterocycles. The van der Waals surface area contributed by atoms with Crippen LogP contribution < -0.4 is 15.4 Å². The largest absolute Gasteiger partial charge is 0.496 e. The summed E-state index contributed by atoms with van der Waals surface area (Å²) in [5, 5.41) is 6.11. The minimum atomic E-state index is -2.96. The number of sulfone groups is 1. The highest BCUT2D eigenvalue weighted by Crippen LogP contribution is 2.17. The molecule has 0 bridgehead atoms. The van der Waals surface area contributed by atoms with E-state index in [1.165, 1.54) is 6.26 Å². The van der Waals surface area contributed by atoms with Crippen LogP contribution in [0.1, 0.15) is 5.56 Å². The number of aliphatic imine (C=N–C) groups is 1. The third-order valence-electron chi connectivity index (χ3n) is 2.87. The Hall–Kier alpha value is -1.76. The molecule has 0 aliphatic heterocycles. The first-order valence-corrected chi connectivity index (χ1v) is 8.76. The molecule has 1 aromatic rings. The van der Waals surface area contributed by atoms with Crippen molar-refractivity contribution in [2.24, 2.45) is 4.99 Å². The Morgan fingerprint density at radius 2 is 1.90 bits per heavy atom. The van der Waals surface area contributed by atoms with Gasteiger partial charge in [0.05, 0.1) is 12.9 Å². The zero-order valence-electron chi connectivity index (χ0n) is 12.7. The first-order valence-electron chi connectivity index (χ1n) is 6.70. The summed E-state index contributed by atoms with van der Waals surface area (Å²) in [6.45, 7) is 1.02. The number of methoxy groups -OCH3 is 1. The molecule has 0 fully saturated rings. The van der Waals surface area contributed by atoms with Gasteiger partial charge in [-0.1, -0.05) is 18.2 Å². The molecule has 7 heteroatoms. The molecular formula is C14H23N3O3S. The maximum Gasteiger partial charge on any atom is 0.191 e. The predicted octanol–water partition coefficient (Wildman–Crippen LogP) is 0.447. The van der Waals surface area contributed by atoms with E-state index in [0.717, 1.165) is 17.7 Å². The van der Waals surface area contributed by atoms with Crippen LogP contribution in [0.4, 0.5) is 0 Å². The average molecular weight is 313 g/mol. The fourth-order valence-corrected chi connectivity index (χ4v) is 2.27. The third-order valence-corrected chi connectivity index (χ3v) is 3.81. The summed E-state index contributed by atoms with van der Waals surface area (Å²) in [6, 6.07) is 7.84. The van der Waals surface area contributed by atoms with Crippen LogP contribution >= 0.6 is 0 Å². The molecule has 0 radical (unpaired) electrons. The molecular weight excluding hydrogens is 290 g/mol. The summed E-state index contributed by atoms with van der Waals surface area (Å²) in [7, 11) is 0.340. The van der Waals surface area contributed by atoms with Gasteiger partial charge < -0.3 is 15.4 Å². The summed E-state index contributed by atoms with van der Waals surface area (Å²) in [6.07, 6.45) is 2.00. The van der Waals surface area contributed by atoms with Crippen LogP contribution in [-0.2, 0) is 16.3 Å². The number of hydrogen-bond donors (Lipinski definition) is 2. The van der Waals surface area contributed by atoms with Crippen LogP contribution in [0, 0.1) is 0 Å². The molecule has 0 saturated heterocycles. The van der Waals surface area contributed by atoms with E-state index >= 15 is 0 Å². The molecule has 6 nitrogen and oxygen atoms in total. The summed E-state index contributed by atoms with van der Waals surface area (Å²) >= 11 is 0. The molecule has 2 N–H and O–H groups in total. The topological polar surface area (TPSA) is 79.8 Å². The Morgan fingerprint density at radius 3 is 2.52 bits per heavy atom. The Bertz CT molecular complexity index is 571. The predicted molar refractivity (Wildman–Crippen MR) is 85.8 cm³/mol. The Labute approximate surface area is 126 Å². The fraction of sp³-hybridized carbons (Fsp3) is 0.500. The van der Waals surface area contributed by atoms with Gasteiger partial charge in [-0.25, -0.2) is 8.42 Å². The van der Waals surface area contributed by atoms with E-state index in [1.54, 1.807) is 14.2 Å². The Morgan fingerprint density at radius 1 is 1.24 bits per heavy atom. The minimum absolute atomic E-state index is 0.0835. The number of rotatable bonds is 7. The van der Waals surface area contributed by atoms with E-state index in [1.807, 2.05) is 24.3 Å². The van der Waals surface area contributed by atoms with Crippen LogP contribution in [0.5, 0.6) is 5.75 Å². The molecule has 0 heterocycles. The normalized spacial score (nSPS) is 12.0. The van der Waals surface area contributed by atoms with Crippen molar-refractivity contribution >= 4 is 15.8 Å². The van der Waals surface area contributed by atoms with Gasteiger partial charge in [-0.15, -0.1) is 0 Å². The zero-order chi connectivity index (χ0) is 15.7. The summed E-state index contributed by atoms with van der Waals surface area (Å²) in [5.74, 6) is 1.54. The second-order valence-corrected chi connectivity index (χ2v) is 6.88. The summed E-state index contributed by atoms with van der Waals surface area (Å²) in [5.41, 5.74) is 1.11. The van der Waals surface area contributed by atoms with Crippen molar-refractivity contribution in [2.45, 2.75) is 6.42 Å². The highest BCUT2D eigenvalue weighted by molar-refractivity contribution is 7.90. The molecule has 0 spiro atoms. The van der Waals surface area contributed by atoms with E-state index in [0.29, 0.717) is 19.0 Å². The first kappa shape index (κ1) is 17.3. The minimum Gasteiger partial charge on any atom is -0.496 e. The first-order chi connectivity index (χ1) is 9.96. The zero-order valence-corrected chi connectivity index (χ0v) is 13.5. The number of benzene rings is 1. The van der Waals surface area contributed by atoms with Crippen molar-refractivity contribution in [3.05, 3.63) is 29.8 Å². The lowest BCUT2D eigenvalue weighted by molar-refractivity contribution is 0.409. The third kappa shape index (κ3) is 6.99. The van der Waals surface area contributed by atoms with Gasteiger partial charge in [0.1, 0.15) is 15.6 Å². The van der Waals surface area contributed by atoms with E-state index in [-0.39, 0.29) is 5.75 Å². The standard InChI is InChI=1S/C14H23N3O3S/c1-15-14(17-10-11-21(3,18)19)16-9-8-12-6-4-5-7-13(12)20-2/h4-7H,8-11H2,1-3H3,(H2,15,16,17).